The first-order valence-electron chi connectivity index (χ1n) is 12.6. The lowest BCUT2D eigenvalue weighted by Gasteiger charge is -2.35. The Kier molecular flexibility index (Phi) is 7.70. The van der Waals surface area contributed by atoms with Crippen LogP contribution in [0.25, 0.3) is 33.1 Å². The van der Waals surface area contributed by atoms with Gasteiger partial charge < -0.3 is 9.38 Å². The smallest absolute Gasteiger partial charge is 0.262 e. The van der Waals surface area contributed by atoms with Gasteiger partial charge in [-0.2, -0.15) is 4.57 Å². The average molecular weight is 474 g/mol. The lowest BCUT2D eigenvalue weighted by Crippen LogP contribution is -2.49. The number of hydrogen-bond acceptors (Lipinski definition) is 2. The Morgan fingerprint density at radius 2 is 1.56 bits per heavy atom. The van der Waals surface area contributed by atoms with Crippen molar-refractivity contribution in [1.82, 2.24) is 0 Å². The highest BCUT2D eigenvalue weighted by molar-refractivity contribution is 7.18. The molecule has 34 heavy (non-hydrogen) atoms. The zero-order valence-electron chi connectivity index (χ0n) is 21.4. The van der Waals surface area contributed by atoms with Crippen LogP contribution in [0, 0.1) is 0 Å². The molecule has 0 amide bonds. The minimum absolute atomic E-state index is 1.06. The highest BCUT2D eigenvalue weighted by atomic mass is 32.1. The molecule has 0 unspecified atom stereocenters. The van der Waals surface area contributed by atoms with Crippen molar-refractivity contribution < 1.29 is 9.05 Å². The fourth-order valence-corrected chi connectivity index (χ4v) is 6.01. The van der Waals surface area contributed by atoms with Crippen LogP contribution in [-0.2, 0) is 6.54 Å². The maximum atomic E-state index is 2.52. The predicted molar refractivity (Wildman–Crippen MR) is 151 cm³/mol. The maximum absolute atomic E-state index is 2.52. The van der Waals surface area contributed by atoms with Crippen LogP contribution in [0.3, 0.4) is 0 Å². The second-order valence-corrected chi connectivity index (χ2v) is 10.5. The lowest BCUT2D eigenvalue weighted by atomic mass is 10.1. The summed E-state index contributed by atoms with van der Waals surface area (Å²) in [4.78, 5) is 2.15. The molecule has 3 aromatic carbocycles. The average Bonchev–Trinajstić information content (AvgIpc) is 3.22. The molecular weight excluding hydrogens is 434 g/mol. The SMILES string of the molecule is CC[N+](CC)(CC)CCC[n+]1c(/C=C/c2ccc3cc(N(C)C)ccc3c2)sc2ccccc21. The van der Waals surface area contributed by atoms with Crippen LogP contribution >= 0.6 is 11.3 Å². The summed E-state index contributed by atoms with van der Waals surface area (Å²) >= 11 is 1.89. The number of fused-ring (bicyclic) bond motifs is 2. The number of nitrogens with zero attached hydrogens (tertiary/aromatic N) is 3. The lowest BCUT2D eigenvalue weighted by molar-refractivity contribution is -0.925. The monoisotopic (exact) mass is 473 g/mol. The summed E-state index contributed by atoms with van der Waals surface area (Å²) in [5.41, 5.74) is 3.83. The standard InChI is InChI=1S/C30H39N3S/c1-6-33(7-2,8-3)21-11-20-32-28-12-9-10-13-29(28)34-30(32)19-15-24-14-16-26-23-27(31(4)5)18-17-25(26)22-24/h9-10,12-19,22-23H,6-8,11,20-21H2,1-5H3/q+2. The largest absolute Gasteiger partial charge is 0.378 e. The third kappa shape index (κ3) is 5.18. The summed E-state index contributed by atoms with van der Waals surface area (Å²) in [6.07, 6.45) is 5.78. The molecular formula is C30H39N3S+2. The third-order valence-corrected chi connectivity index (χ3v) is 8.58. The van der Waals surface area contributed by atoms with Crippen LogP contribution < -0.4 is 9.47 Å². The maximum Gasteiger partial charge on any atom is 0.262 e. The summed E-state index contributed by atoms with van der Waals surface area (Å²) in [7, 11) is 4.18. The minimum Gasteiger partial charge on any atom is -0.378 e. The molecule has 3 nitrogen and oxygen atoms in total. The van der Waals surface area contributed by atoms with E-state index in [9.17, 15) is 0 Å². The van der Waals surface area contributed by atoms with E-state index in [4.69, 9.17) is 0 Å². The number of rotatable bonds is 10. The fraction of sp³-hybridized carbons (Fsp3) is 0.367. The molecule has 0 radical (unpaired) electrons. The van der Waals surface area contributed by atoms with Gasteiger partial charge in [0.15, 0.2) is 6.54 Å². The fourth-order valence-electron chi connectivity index (χ4n) is 4.92. The molecule has 0 atom stereocenters. The van der Waals surface area contributed by atoms with Crippen molar-refractivity contribution in [2.75, 3.05) is 45.2 Å². The van der Waals surface area contributed by atoms with Gasteiger partial charge in [-0.15, -0.1) is 0 Å². The van der Waals surface area contributed by atoms with Crippen LogP contribution in [0.1, 0.15) is 37.8 Å². The highest BCUT2D eigenvalue weighted by Crippen LogP contribution is 2.25. The van der Waals surface area contributed by atoms with Crippen LogP contribution in [-0.4, -0.2) is 44.8 Å². The summed E-state index contributed by atoms with van der Waals surface area (Å²) in [5, 5.41) is 3.89. The Bertz CT molecular complexity index is 1270. The van der Waals surface area contributed by atoms with E-state index in [1.165, 1.54) is 74.3 Å². The van der Waals surface area contributed by atoms with Crippen LogP contribution in [0.5, 0.6) is 0 Å². The highest BCUT2D eigenvalue weighted by Gasteiger charge is 2.23. The molecule has 0 aliphatic rings. The van der Waals surface area contributed by atoms with Crippen molar-refractivity contribution in [3.05, 3.63) is 71.2 Å². The second kappa shape index (κ2) is 10.7. The van der Waals surface area contributed by atoms with Gasteiger partial charge in [-0.05, 0) is 67.4 Å². The van der Waals surface area contributed by atoms with Crippen molar-refractivity contribution >= 4 is 50.2 Å². The van der Waals surface area contributed by atoms with Crippen molar-refractivity contribution in [1.29, 1.82) is 0 Å². The number of para-hydroxylation sites is 1. The van der Waals surface area contributed by atoms with Crippen LogP contribution in [0.4, 0.5) is 5.69 Å². The number of anilines is 1. The topological polar surface area (TPSA) is 7.12 Å². The van der Waals surface area contributed by atoms with Gasteiger partial charge in [0.25, 0.3) is 5.01 Å². The Morgan fingerprint density at radius 3 is 2.29 bits per heavy atom. The van der Waals surface area contributed by atoms with Crippen molar-refractivity contribution in [3.63, 3.8) is 0 Å². The van der Waals surface area contributed by atoms with E-state index in [1.54, 1.807) is 0 Å². The first kappa shape index (κ1) is 24.4. The molecule has 0 saturated carbocycles. The predicted octanol–water partition coefficient (Wildman–Crippen LogP) is 6.85. The molecule has 4 heteroatoms. The van der Waals surface area contributed by atoms with Gasteiger partial charge in [-0.25, -0.2) is 0 Å². The van der Waals surface area contributed by atoms with E-state index in [1.807, 2.05) is 11.3 Å². The Morgan fingerprint density at radius 1 is 0.853 bits per heavy atom. The number of thiazole rings is 1. The number of aryl methyl sites for hydroxylation is 1. The molecule has 0 saturated heterocycles. The van der Waals surface area contributed by atoms with E-state index >= 15 is 0 Å². The van der Waals surface area contributed by atoms with E-state index in [0.29, 0.717) is 0 Å². The number of benzene rings is 3. The Labute approximate surface area is 209 Å². The normalized spacial score (nSPS) is 12.3. The number of hydrogen-bond donors (Lipinski definition) is 0. The van der Waals surface area contributed by atoms with E-state index in [2.05, 4.69) is 117 Å². The molecule has 0 N–H and O–H groups in total. The van der Waals surface area contributed by atoms with Gasteiger partial charge in [0, 0.05) is 31.9 Å². The van der Waals surface area contributed by atoms with Crippen LogP contribution in [0.15, 0.2) is 60.7 Å². The van der Waals surface area contributed by atoms with Gasteiger partial charge >= 0.3 is 0 Å². The quantitative estimate of drug-likeness (QED) is 0.181. The van der Waals surface area contributed by atoms with Gasteiger partial charge in [0.2, 0.25) is 5.52 Å². The first-order chi connectivity index (χ1) is 16.5. The Hall–Kier alpha value is -2.69. The molecule has 178 valence electrons. The zero-order chi connectivity index (χ0) is 24.1. The summed E-state index contributed by atoms with van der Waals surface area (Å²) in [6.45, 7) is 12.9. The van der Waals surface area contributed by atoms with E-state index in [0.717, 1.165) is 6.54 Å². The molecule has 1 heterocycles. The van der Waals surface area contributed by atoms with Crippen LogP contribution in [0.2, 0.25) is 0 Å². The number of quaternary nitrogens is 1. The van der Waals surface area contributed by atoms with E-state index in [-0.39, 0.29) is 0 Å². The molecule has 0 aliphatic carbocycles. The molecule has 4 rings (SSSR count). The van der Waals surface area contributed by atoms with Gasteiger partial charge in [0.05, 0.1) is 32.6 Å². The Balaban J connectivity index is 1.59. The van der Waals surface area contributed by atoms with Gasteiger partial charge in [-0.3, -0.25) is 0 Å². The number of aromatic nitrogens is 1. The van der Waals surface area contributed by atoms with Gasteiger partial charge in [-0.1, -0.05) is 41.7 Å². The van der Waals surface area contributed by atoms with Crippen molar-refractivity contribution in [3.8, 4) is 0 Å². The minimum atomic E-state index is 1.06. The molecule has 0 spiro atoms. The second-order valence-electron chi connectivity index (χ2n) is 9.45. The summed E-state index contributed by atoms with van der Waals surface area (Å²) in [6, 6.07) is 22.2. The molecule has 4 aromatic rings. The molecule has 1 aromatic heterocycles. The van der Waals surface area contributed by atoms with Crippen molar-refractivity contribution in [2.24, 2.45) is 0 Å². The van der Waals surface area contributed by atoms with Crippen molar-refractivity contribution in [2.45, 2.75) is 33.7 Å². The van der Waals surface area contributed by atoms with Gasteiger partial charge in [0.1, 0.15) is 4.70 Å². The van der Waals surface area contributed by atoms with E-state index < -0.39 is 0 Å². The summed E-state index contributed by atoms with van der Waals surface area (Å²) < 4.78 is 5.09. The summed E-state index contributed by atoms with van der Waals surface area (Å²) in [5.74, 6) is 0. The molecule has 0 aliphatic heterocycles. The molecule has 0 bridgehead atoms. The third-order valence-electron chi connectivity index (χ3n) is 7.45. The first-order valence-corrected chi connectivity index (χ1v) is 13.5. The zero-order valence-corrected chi connectivity index (χ0v) is 22.2. The molecule has 0 fully saturated rings.